The van der Waals surface area contributed by atoms with Gasteiger partial charge in [-0.25, -0.2) is 15.5 Å². The summed E-state index contributed by atoms with van der Waals surface area (Å²) >= 11 is 6.18. The van der Waals surface area contributed by atoms with Crippen molar-refractivity contribution in [3.63, 3.8) is 0 Å². The molecule has 0 unspecified atom stereocenters. The Balaban J connectivity index is 1.69. The summed E-state index contributed by atoms with van der Waals surface area (Å²) in [6.07, 6.45) is 3.80. The van der Waals surface area contributed by atoms with Crippen molar-refractivity contribution in [2.75, 3.05) is 13.2 Å². The van der Waals surface area contributed by atoms with E-state index in [0.717, 1.165) is 16.8 Å². The van der Waals surface area contributed by atoms with Gasteiger partial charge >= 0.3 is 0 Å². The number of nitrogens with two attached hydrogens (primary N) is 2. The maximum absolute atomic E-state index is 6.18. The lowest BCUT2D eigenvalue weighted by Gasteiger charge is -2.22. The number of hydrazone groups is 1. The van der Waals surface area contributed by atoms with Crippen LogP contribution >= 0.6 is 11.6 Å². The summed E-state index contributed by atoms with van der Waals surface area (Å²) in [7, 11) is 0. The van der Waals surface area contributed by atoms with Gasteiger partial charge in [0.05, 0.1) is 12.3 Å². The number of hydrogen-bond acceptors (Lipinski definition) is 6. The molecule has 1 aromatic heterocycles. The molecule has 0 aliphatic rings. The van der Waals surface area contributed by atoms with Crippen LogP contribution in [-0.4, -0.2) is 38.8 Å². The van der Waals surface area contributed by atoms with Crippen molar-refractivity contribution in [1.82, 2.24) is 19.8 Å². The number of hydrogen-bond donors (Lipinski definition) is 2. The monoisotopic (exact) mass is 427 g/mol. The number of halogens is 1. The molecule has 8 nitrogen and oxygen atoms in total. The number of nitrogens with zero attached hydrogens (tertiary/aromatic N) is 5. The normalized spacial score (nSPS) is 11.7. The first-order valence-electron chi connectivity index (χ1n) is 9.64. The van der Waals surface area contributed by atoms with E-state index >= 15 is 0 Å². The third-order valence-electron chi connectivity index (χ3n) is 4.40. The van der Waals surface area contributed by atoms with Gasteiger partial charge in [0, 0.05) is 23.6 Å². The number of rotatable bonds is 8. The Labute approximate surface area is 181 Å². The third kappa shape index (κ3) is 5.49. The Hall–Kier alpha value is -3.10. The minimum absolute atomic E-state index is 0.378. The van der Waals surface area contributed by atoms with E-state index in [1.54, 1.807) is 16.0 Å². The molecule has 30 heavy (non-hydrogen) atoms. The minimum Gasteiger partial charge on any atom is -0.493 e. The van der Waals surface area contributed by atoms with Crippen LogP contribution in [0.4, 0.5) is 0 Å². The second-order valence-electron chi connectivity index (χ2n) is 7.24. The van der Waals surface area contributed by atoms with Crippen molar-refractivity contribution < 1.29 is 4.74 Å². The molecular formula is C21H26ClN7O. The summed E-state index contributed by atoms with van der Waals surface area (Å²) in [5, 5.41) is 10.3. The number of aromatic nitrogens is 3. The fraction of sp³-hybridized carbons (Fsp3) is 0.286. The van der Waals surface area contributed by atoms with E-state index in [1.165, 1.54) is 6.33 Å². The summed E-state index contributed by atoms with van der Waals surface area (Å²) in [6.45, 7) is 5.26. The van der Waals surface area contributed by atoms with Gasteiger partial charge < -0.3 is 10.6 Å². The lowest BCUT2D eigenvalue weighted by molar-refractivity contribution is 0.321. The first-order chi connectivity index (χ1) is 14.5. The van der Waals surface area contributed by atoms with E-state index in [4.69, 9.17) is 28.0 Å². The van der Waals surface area contributed by atoms with E-state index in [-0.39, 0.29) is 0 Å². The van der Waals surface area contributed by atoms with Gasteiger partial charge in [-0.05, 0) is 41.8 Å². The molecule has 0 radical (unpaired) electrons. The molecule has 4 N–H and O–H groups in total. The van der Waals surface area contributed by atoms with E-state index in [1.807, 2.05) is 42.5 Å². The van der Waals surface area contributed by atoms with Crippen molar-refractivity contribution in [2.45, 2.75) is 20.3 Å². The van der Waals surface area contributed by atoms with Gasteiger partial charge in [0.15, 0.2) is 5.84 Å². The van der Waals surface area contributed by atoms with Crippen LogP contribution in [0, 0.1) is 5.92 Å². The molecule has 0 saturated heterocycles. The summed E-state index contributed by atoms with van der Waals surface area (Å²) in [4.78, 5) is 4.01. The molecule has 0 bridgehead atoms. The number of hydrazine groups is 1. The number of ether oxygens (including phenoxy) is 1. The van der Waals surface area contributed by atoms with Crippen molar-refractivity contribution in [3.8, 4) is 11.4 Å². The Bertz CT molecular complexity index is 989. The molecule has 1 heterocycles. The fourth-order valence-corrected chi connectivity index (χ4v) is 3.30. The lowest BCUT2D eigenvalue weighted by Crippen LogP contribution is -2.41. The second kappa shape index (κ2) is 10.1. The van der Waals surface area contributed by atoms with Crippen molar-refractivity contribution in [2.24, 2.45) is 22.7 Å². The van der Waals surface area contributed by atoms with Crippen LogP contribution < -0.4 is 16.4 Å². The zero-order chi connectivity index (χ0) is 21.5. The smallest absolute Gasteiger partial charge is 0.169 e. The Morgan fingerprint density at radius 2 is 2.10 bits per heavy atom. The Morgan fingerprint density at radius 3 is 2.80 bits per heavy atom. The highest BCUT2D eigenvalue weighted by molar-refractivity contribution is 6.30. The molecule has 0 atom stereocenters. The van der Waals surface area contributed by atoms with E-state index < -0.39 is 0 Å². The molecular weight excluding hydrogens is 402 g/mol. The predicted octanol–water partition coefficient (Wildman–Crippen LogP) is 2.99. The predicted molar refractivity (Wildman–Crippen MR) is 118 cm³/mol. The van der Waals surface area contributed by atoms with Gasteiger partial charge in [0.2, 0.25) is 0 Å². The second-order valence-corrected chi connectivity index (χ2v) is 7.67. The van der Waals surface area contributed by atoms with Crippen molar-refractivity contribution in [3.05, 3.63) is 71.3 Å². The van der Waals surface area contributed by atoms with Gasteiger partial charge in [0.1, 0.15) is 18.4 Å². The van der Waals surface area contributed by atoms with Gasteiger partial charge in [-0.3, -0.25) is 5.01 Å². The molecule has 0 fully saturated rings. The molecule has 3 aromatic rings. The minimum atomic E-state index is 0.378. The molecule has 3 rings (SSSR count). The van der Waals surface area contributed by atoms with Crippen LogP contribution in [0.1, 0.15) is 25.0 Å². The van der Waals surface area contributed by atoms with Gasteiger partial charge in [-0.15, -0.1) is 0 Å². The molecule has 0 amide bonds. The summed E-state index contributed by atoms with van der Waals surface area (Å²) in [5.74, 6) is 13.3. The highest BCUT2D eigenvalue weighted by atomic mass is 35.5. The van der Waals surface area contributed by atoms with Crippen LogP contribution in [0.15, 0.2) is 60.2 Å². The highest BCUT2D eigenvalue weighted by Gasteiger charge is 2.13. The van der Waals surface area contributed by atoms with E-state index in [0.29, 0.717) is 42.1 Å². The molecule has 0 aliphatic carbocycles. The zero-order valence-corrected chi connectivity index (χ0v) is 17.8. The quantitative estimate of drug-likeness (QED) is 0.247. The van der Waals surface area contributed by atoms with Crippen molar-refractivity contribution >= 4 is 17.4 Å². The SMILES string of the molecule is CC(C)CN(N)/C(=N\N)c1cccc(OCCc2cc(Cl)ccc2-n2cncn2)c1. The standard InChI is InChI=1S/C21H26ClN7O/c1-15(2)12-28(24)21(27-23)17-4-3-5-19(11-17)30-9-8-16-10-18(22)6-7-20(16)29-14-25-13-26-29/h3-7,10-11,13-15H,8-9,12,23-24H2,1-2H3/b27-21-. The van der Waals surface area contributed by atoms with Crippen LogP contribution in [0.25, 0.3) is 5.69 Å². The summed E-state index contributed by atoms with van der Waals surface area (Å²) in [5.41, 5.74) is 2.72. The number of amidine groups is 1. The Morgan fingerprint density at radius 1 is 1.27 bits per heavy atom. The van der Waals surface area contributed by atoms with Crippen LogP contribution in [0.2, 0.25) is 5.02 Å². The van der Waals surface area contributed by atoms with Crippen LogP contribution in [-0.2, 0) is 6.42 Å². The topological polar surface area (TPSA) is 108 Å². The Kier molecular flexibility index (Phi) is 7.26. The third-order valence-corrected chi connectivity index (χ3v) is 4.63. The first kappa shape index (κ1) is 21.6. The summed E-state index contributed by atoms with van der Waals surface area (Å²) < 4.78 is 7.68. The van der Waals surface area contributed by atoms with Crippen LogP contribution in [0.3, 0.4) is 0 Å². The molecule has 158 valence electrons. The van der Waals surface area contributed by atoms with Gasteiger partial charge in [-0.2, -0.15) is 10.2 Å². The average Bonchev–Trinajstić information content (AvgIpc) is 3.23. The van der Waals surface area contributed by atoms with Crippen molar-refractivity contribution in [1.29, 1.82) is 0 Å². The van der Waals surface area contributed by atoms with E-state index in [2.05, 4.69) is 29.0 Å². The number of benzene rings is 2. The maximum atomic E-state index is 6.18. The largest absolute Gasteiger partial charge is 0.493 e. The molecule has 9 heteroatoms. The zero-order valence-electron chi connectivity index (χ0n) is 17.1. The van der Waals surface area contributed by atoms with E-state index in [9.17, 15) is 0 Å². The maximum Gasteiger partial charge on any atom is 0.169 e. The van der Waals surface area contributed by atoms with Crippen LogP contribution in [0.5, 0.6) is 5.75 Å². The molecule has 0 saturated carbocycles. The first-order valence-corrected chi connectivity index (χ1v) is 10.0. The molecule has 0 spiro atoms. The van der Waals surface area contributed by atoms with Gasteiger partial charge in [0.25, 0.3) is 0 Å². The highest BCUT2D eigenvalue weighted by Crippen LogP contribution is 2.21. The molecule has 2 aromatic carbocycles. The lowest BCUT2D eigenvalue weighted by atomic mass is 10.1. The summed E-state index contributed by atoms with van der Waals surface area (Å²) in [6, 6.07) is 13.2. The average molecular weight is 428 g/mol. The molecule has 0 aliphatic heterocycles. The fourth-order valence-electron chi connectivity index (χ4n) is 3.11. The van der Waals surface area contributed by atoms with Gasteiger partial charge in [-0.1, -0.05) is 37.6 Å².